The van der Waals surface area contributed by atoms with Gasteiger partial charge in [-0.15, -0.1) is 0 Å². The van der Waals surface area contributed by atoms with Crippen LogP contribution in [0, 0.1) is 11.3 Å². The molecular formula is C17H30N4O3. The highest BCUT2D eigenvalue weighted by Crippen LogP contribution is 2.25. The van der Waals surface area contributed by atoms with E-state index in [1.807, 2.05) is 35.5 Å². The van der Waals surface area contributed by atoms with Gasteiger partial charge in [0.25, 0.3) is 0 Å². The summed E-state index contributed by atoms with van der Waals surface area (Å²) in [6.07, 6.45) is 1.72. The van der Waals surface area contributed by atoms with Crippen molar-refractivity contribution in [3.05, 3.63) is 0 Å². The van der Waals surface area contributed by atoms with E-state index in [0.29, 0.717) is 32.7 Å². The van der Waals surface area contributed by atoms with Crippen molar-refractivity contribution in [3.63, 3.8) is 0 Å². The minimum atomic E-state index is -0.411. The monoisotopic (exact) mass is 338 g/mol. The zero-order valence-corrected chi connectivity index (χ0v) is 15.1. The summed E-state index contributed by atoms with van der Waals surface area (Å²) in [4.78, 5) is 41.9. The van der Waals surface area contributed by atoms with Gasteiger partial charge in [-0.2, -0.15) is 0 Å². The van der Waals surface area contributed by atoms with Gasteiger partial charge in [0, 0.05) is 44.7 Å². The summed E-state index contributed by atoms with van der Waals surface area (Å²) in [5.74, 6) is -0.183. The van der Waals surface area contributed by atoms with E-state index < -0.39 is 5.41 Å². The topological polar surface area (TPSA) is 87.0 Å². The first kappa shape index (κ1) is 18.7. The number of nitrogens with zero attached hydrogens (tertiary/aromatic N) is 3. The zero-order chi connectivity index (χ0) is 17.9. The van der Waals surface area contributed by atoms with Crippen LogP contribution in [0.1, 0.15) is 33.6 Å². The molecule has 0 aromatic rings. The van der Waals surface area contributed by atoms with Crippen LogP contribution in [0.15, 0.2) is 0 Å². The SMILES string of the molecule is CC(C)(C)C(=O)N1CCCC(C(=O)N2CCN(CC(N)=O)CC2)C1. The number of hydrogen-bond donors (Lipinski definition) is 1. The van der Waals surface area contributed by atoms with Crippen LogP contribution in [0.2, 0.25) is 0 Å². The third kappa shape index (κ3) is 4.69. The molecule has 1 atom stereocenters. The summed E-state index contributed by atoms with van der Waals surface area (Å²) in [5, 5.41) is 0. The van der Waals surface area contributed by atoms with E-state index in [2.05, 4.69) is 0 Å². The highest BCUT2D eigenvalue weighted by Gasteiger charge is 2.35. The summed E-state index contributed by atoms with van der Waals surface area (Å²) < 4.78 is 0. The molecule has 136 valence electrons. The van der Waals surface area contributed by atoms with Gasteiger partial charge in [0.05, 0.1) is 12.5 Å². The molecule has 2 rings (SSSR count). The van der Waals surface area contributed by atoms with E-state index in [1.165, 1.54) is 0 Å². The third-order valence-electron chi connectivity index (χ3n) is 4.76. The Bertz CT molecular complexity index is 493. The lowest BCUT2D eigenvalue weighted by Gasteiger charge is -2.40. The molecule has 2 aliphatic heterocycles. The van der Waals surface area contributed by atoms with Gasteiger partial charge in [-0.25, -0.2) is 0 Å². The van der Waals surface area contributed by atoms with Crippen LogP contribution >= 0.6 is 0 Å². The predicted octanol–water partition coefficient (Wildman–Crippen LogP) is -0.0994. The van der Waals surface area contributed by atoms with Gasteiger partial charge in [-0.1, -0.05) is 20.8 Å². The van der Waals surface area contributed by atoms with Crippen LogP contribution in [-0.4, -0.2) is 78.2 Å². The molecule has 2 aliphatic rings. The maximum atomic E-state index is 12.8. The van der Waals surface area contributed by atoms with Crippen LogP contribution in [-0.2, 0) is 14.4 Å². The van der Waals surface area contributed by atoms with Crippen LogP contribution < -0.4 is 5.73 Å². The van der Waals surface area contributed by atoms with Gasteiger partial charge in [0.15, 0.2) is 0 Å². The first-order valence-electron chi connectivity index (χ1n) is 8.77. The Kier molecular flexibility index (Phi) is 5.85. The predicted molar refractivity (Wildman–Crippen MR) is 91.0 cm³/mol. The highest BCUT2D eigenvalue weighted by molar-refractivity contribution is 5.84. The Labute approximate surface area is 144 Å². The average molecular weight is 338 g/mol. The molecule has 7 nitrogen and oxygen atoms in total. The van der Waals surface area contributed by atoms with Crippen molar-refractivity contribution in [1.82, 2.24) is 14.7 Å². The van der Waals surface area contributed by atoms with Crippen molar-refractivity contribution in [1.29, 1.82) is 0 Å². The molecule has 0 aromatic carbocycles. The summed E-state index contributed by atoms with van der Waals surface area (Å²) in [6, 6.07) is 0. The number of likely N-dealkylation sites (tertiary alicyclic amines) is 1. The normalized spacial score (nSPS) is 23.2. The van der Waals surface area contributed by atoms with Gasteiger partial charge in [0.2, 0.25) is 17.7 Å². The smallest absolute Gasteiger partial charge is 0.231 e. The van der Waals surface area contributed by atoms with Gasteiger partial charge in [0.1, 0.15) is 0 Å². The van der Waals surface area contributed by atoms with Crippen molar-refractivity contribution in [2.75, 3.05) is 45.8 Å². The fourth-order valence-corrected chi connectivity index (χ4v) is 3.44. The maximum absolute atomic E-state index is 12.8. The number of primary amides is 1. The Morgan fingerprint density at radius 3 is 2.17 bits per heavy atom. The molecule has 2 fully saturated rings. The number of piperidine rings is 1. The van der Waals surface area contributed by atoms with E-state index in [-0.39, 0.29) is 30.2 Å². The number of carbonyl (C=O) groups excluding carboxylic acids is 3. The van der Waals surface area contributed by atoms with Crippen molar-refractivity contribution < 1.29 is 14.4 Å². The van der Waals surface area contributed by atoms with E-state index in [0.717, 1.165) is 19.4 Å². The molecule has 7 heteroatoms. The molecule has 0 radical (unpaired) electrons. The molecule has 24 heavy (non-hydrogen) atoms. The van der Waals surface area contributed by atoms with Crippen LogP contribution in [0.4, 0.5) is 0 Å². The number of hydrogen-bond acceptors (Lipinski definition) is 4. The molecule has 2 heterocycles. The van der Waals surface area contributed by atoms with Crippen LogP contribution in [0.25, 0.3) is 0 Å². The largest absolute Gasteiger partial charge is 0.369 e. The summed E-state index contributed by atoms with van der Waals surface area (Å²) >= 11 is 0. The van der Waals surface area contributed by atoms with Crippen molar-refractivity contribution in [2.24, 2.45) is 17.1 Å². The Hall–Kier alpha value is -1.63. The van der Waals surface area contributed by atoms with Crippen LogP contribution in [0.5, 0.6) is 0 Å². The van der Waals surface area contributed by atoms with Gasteiger partial charge < -0.3 is 15.5 Å². The molecule has 0 bridgehead atoms. The van der Waals surface area contributed by atoms with E-state index >= 15 is 0 Å². The number of rotatable bonds is 3. The second-order valence-electron chi connectivity index (χ2n) is 7.91. The van der Waals surface area contributed by atoms with E-state index in [9.17, 15) is 14.4 Å². The zero-order valence-electron chi connectivity index (χ0n) is 15.1. The minimum Gasteiger partial charge on any atom is -0.369 e. The maximum Gasteiger partial charge on any atom is 0.231 e. The number of amides is 3. The van der Waals surface area contributed by atoms with Gasteiger partial charge in [-0.05, 0) is 12.8 Å². The Morgan fingerprint density at radius 2 is 1.62 bits per heavy atom. The Balaban J connectivity index is 1.89. The van der Waals surface area contributed by atoms with E-state index in [4.69, 9.17) is 5.73 Å². The third-order valence-corrected chi connectivity index (χ3v) is 4.76. The Morgan fingerprint density at radius 1 is 1.00 bits per heavy atom. The standard InChI is InChI=1S/C17H30N4O3/c1-17(2,3)16(24)21-6-4-5-13(11-21)15(23)20-9-7-19(8-10-20)12-14(18)22/h13H,4-12H2,1-3H3,(H2,18,22). The van der Waals surface area contributed by atoms with Crippen molar-refractivity contribution >= 4 is 17.7 Å². The molecule has 0 aromatic heterocycles. The van der Waals surface area contributed by atoms with Gasteiger partial charge >= 0.3 is 0 Å². The lowest BCUT2D eigenvalue weighted by molar-refractivity contribution is -0.146. The van der Waals surface area contributed by atoms with E-state index in [1.54, 1.807) is 0 Å². The second-order valence-corrected chi connectivity index (χ2v) is 7.91. The lowest BCUT2D eigenvalue weighted by atomic mass is 9.90. The summed E-state index contributed by atoms with van der Waals surface area (Å²) in [6.45, 7) is 9.85. The summed E-state index contributed by atoms with van der Waals surface area (Å²) in [7, 11) is 0. The molecule has 3 amide bonds. The average Bonchev–Trinajstić information content (AvgIpc) is 2.53. The number of nitrogens with two attached hydrogens (primary N) is 1. The minimum absolute atomic E-state index is 0.104. The molecule has 2 N–H and O–H groups in total. The molecule has 2 saturated heterocycles. The second kappa shape index (κ2) is 7.51. The molecule has 0 saturated carbocycles. The quantitative estimate of drug-likeness (QED) is 0.778. The first-order valence-corrected chi connectivity index (χ1v) is 8.77. The summed E-state index contributed by atoms with van der Waals surface area (Å²) in [5.41, 5.74) is 4.80. The molecule has 0 aliphatic carbocycles. The van der Waals surface area contributed by atoms with Gasteiger partial charge in [-0.3, -0.25) is 19.3 Å². The van der Waals surface area contributed by atoms with Crippen molar-refractivity contribution in [3.8, 4) is 0 Å². The lowest BCUT2D eigenvalue weighted by Crippen LogP contribution is -2.54. The molecule has 1 unspecified atom stereocenters. The number of piperazine rings is 1. The van der Waals surface area contributed by atoms with Crippen LogP contribution in [0.3, 0.4) is 0 Å². The molecular weight excluding hydrogens is 308 g/mol. The van der Waals surface area contributed by atoms with Crippen molar-refractivity contribution in [2.45, 2.75) is 33.6 Å². The number of carbonyl (C=O) groups is 3. The fourth-order valence-electron chi connectivity index (χ4n) is 3.44. The molecule has 0 spiro atoms. The first-order chi connectivity index (χ1) is 11.2. The highest BCUT2D eigenvalue weighted by atomic mass is 16.2. The fraction of sp³-hybridized carbons (Fsp3) is 0.824.